The van der Waals surface area contributed by atoms with Crippen LogP contribution < -0.4 is 10.1 Å². The Morgan fingerprint density at radius 3 is 2.33 bits per heavy atom. The van der Waals surface area contributed by atoms with Crippen molar-refractivity contribution >= 4 is 5.69 Å². The summed E-state index contributed by atoms with van der Waals surface area (Å²) in [5, 5.41) is 13.4. The number of ether oxygens (including phenoxy) is 1. The lowest BCUT2D eigenvalue weighted by Gasteiger charge is -2.32. The second-order valence-electron chi connectivity index (χ2n) is 5.66. The van der Waals surface area contributed by atoms with Gasteiger partial charge in [0.25, 0.3) is 0 Å². The highest BCUT2D eigenvalue weighted by Crippen LogP contribution is 2.29. The normalized spacial score (nSPS) is 13.6. The maximum absolute atomic E-state index is 9.93. The summed E-state index contributed by atoms with van der Waals surface area (Å²) in [7, 11) is 1.65. The van der Waals surface area contributed by atoms with Crippen LogP contribution in [-0.2, 0) is 5.54 Å². The van der Waals surface area contributed by atoms with E-state index in [9.17, 15) is 5.11 Å². The van der Waals surface area contributed by atoms with Crippen molar-refractivity contribution in [2.24, 2.45) is 0 Å². The number of aliphatic hydroxyl groups is 1. The van der Waals surface area contributed by atoms with Gasteiger partial charge in [0.1, 0.15) is 5.75 Å². The Kier molecular flexibility index (Phi) is 4.53. The average molecular weight is 285 g/mol. The van der Waals surface area contributed by atoms with Gasteiger partial charge in [0, 0.05) is 5.69 Å². The van der Waals surface area contributed by atoms with Gasteiger partial charge in [0.15, 0.2) is 0 Å². The fraction of sp³-hybridized carbons (Fsp3) is 0.333. The number of nitrogens with one attached hydrogen (secondary N) is 1. The van der Waals surface area contributed by atoms with E-state index in [1.54, 1.807) is 7.11 Å². The van der Waals surface area contributed by atoms with Gasteiger partial charge >= 0.3 is 0 Å². The van der Waals surface area contributed by atoms with E-state index < -0.39 is 5.54 Å². The first-order valence-electron chi connectivity index (χ1n) is 7.09. The van der Waals surface area contributed by atoms with Crippen LogP contribution >= 0.6 is 0 Å². The van der Waals surface area contributed by atoms with Gasteiger partial charge in [-0.1, -0.05) is 23.8 Å². The van der Waals surface area contributed by atoms with Gasteiger partial charge in [0.2, 0.25) is 0 Å². The van der Waals surface area contributed by atoms with Crippen molar-refractivity contribution in [2.45, 2.75) is 26.3 Å². The molecule has 3 nitrogen and oxygen atoms in total. The van der Waals surface area contributed by atoms with E-state index in [2.05, 4.69) is 37.4 Å². The minimum absolute atomic E-state index is 0.0172. The van der Waals surface area contributed by atoms with Crippen molar-refractivity contribution in [3.63, 3.8) is 0 Å². The van der Waals surface area contributed by atoms with Gasteiger partial charge in [-0.25, -0.2) is 0 Å². The monoisotopic (exact) mass is 285 g/mol. The van der Waals surface area contributed by atoms with Crippen LogP contribution in [-0.4, -0.2) is 18.8 Å². The molecule has 1 unspecified atom stereocenters. The Bertz CT molecular complexity index is 607. The van der Waals surface area contributed by atoms with Crippen LogP contribution in [0.2, 0.25) is 0 Å². The minimum atomic E-state index is -0.523. The Labute approximate surface area is 126 Å². The predicted molar refractivity (Wildman–Crippen MR) is 87.0 cm³/mol. The largest absolute Gasteiger partial charge is 0.497 e. The molecule has 21 heavy (non-hydrogen) atoms. The molecule has 0 saturated heterocycles. The molecule has 0 heterocycles. The smallest absolute Gasteiger partial charge is 0.119 e. The maximum atomic E-state index is 9.93. The quantitative estimate of drug-likeness (QED) is 0.881. The molecule has 2 N–H and O–H groups in total. The van der Waals surface area contributed by atoms with Crippen LogP contribution in [0.4, 0.5) is 5.69 Å². The summed E-state index contributed by atoms with van der Waals surface area (Å²) >= 11 is 0. The molecule has 0 aliphatic heterocycles. The molecular formula is C18H23NO2. The first-order valence-corrected chi connectivity index (χ1v) is 7.09. The van der Waals surface area contributed by atoms with Crippen molar-refractivity contribution in [3.05, 3.63) is 59.2 Å². The molecule has 2 aromatic carbocycles. The number of benzene rings is 2. The van der Waals surface area contributed by atoms with Crippen molar-refractivity contribution in [2.75, 3.05) is 19.0 Å². The van der Waals surface area contributed by atoms with Gasteiger partial charge in [0.05, 0.1) is 19.3 Å². The molecule has 0 radical (unpaired) electrons. The fourth-order valence-electron chi connectivity index (χ4n) is 2.52. The lowest BCUT2D eigenvalue weighted by molar-refractivity contribution is 0.223. The third-order valence-corrected chi connectivity index (χ3v) is 3.81. The van der Waals surface area contributed by atoms with Crippen molar-refractivity contribution in [3.8, 4) is 5.75 Å². The van der Waals surface area contributed by atoms with Crippen LogP contribution in [0.25, 0.3) is 0 Å². The summed E-state index contributed by atoms with van der Waals surface area (Å²) in [4.78, 5) is 0. The average Bonchev–Trinajstić information content (AvgIpc) is 2.50. The fourth-order valence-corrected chi connectivity index (χ4v) is 2.52. The molecule has 0 bridgehead atoms. The van der Waals surface area contributed by atoms with Crippen LogP contribution in [0.3, 0.4) is 0 Å². The first-order chi connectivity index (χ1) is 9.98. The molecule has 0 spiro atoms. The lowest BCUT2D eigenvalue weighted by atomic mass is 9.87. The molecule has 0 aromatic heterocycles. The number of rotatable bonds is 5. The number of aliphatic hydroxyl groups excluding tert-OH is 1. The Morgan fingerprint density at radius 1 is 1.10 bits per heavy atom. The summed E-state index contributed by atoms with van der Waals surface area (Å²) < 4.78 is 5.17. The highest BCUT2D eigenvalue weighted by molar-refractivity contribution is 5.51. The van der Waals surface area contributed by atoms with Crippen LogP contribution in [0.1, 0.15) is 23.6 Å². The molecular weight excluding hydrogens is 262 g/mol. The van der Waals surface area contributed by atoms with E-state index in [-0.39, 0.29) is 6.61 Å². The molecule has 0 aliphatic rings. The van der Waals surface area contributed by atoms with E-state index >= 15 is 0 Å². The van der Waals surface area contributed by atoms with E-state index in [0.29, 0.717) is 0 Å². The number of aryl methyl sites for hydroxylation is 2. The topological polar surface area (TPSA) is 41.5 Å². The zero-order chi connectivity index (χ0) is 15.5. The van der Waals surface area contributed by atoms with Gasteiger partial charge in [-0.15, -0.1) is 0 Å². The van der Waals surface area contributed by atoms with E-state index in [1.165, 1.54) is 5.56 Å². The standard InChI is InChI=1S/C18H23NO2/c1-13-5-6-14(2)17(11-13)18(3,12-20)19-15-7-9-16(21-4)10-8-15/h5-11,19-20H,12H2,1-4H3. The zero-order valence-corrected chi connectivity index (χ0v) is 13.1. The molecule has 0 saturated carbocycles. The van der Waals surface area contributed by atoms with Gasteiger partial charge < -0.3 is 15.2 Å². The van der Waals surface area contributed by atoms with Gasteiger partial charge in [-0.2, -0.15) is 0 Å². The summed E-state index contributed by atoms with van der Waals surface area (Å²) in [6.45, 7) is 6.16. The summed E-state index contributed by atoms with van der Waals surface area (Å²) in [6, 6.07) is 14.0. The Balaban J connectivity index is 2.33. The highest BCUT2D eigenvalue weighted by Gasteiger charge is 2.27. The lowest BCUT2D eigenvalue weighted by Crippen LogP contribution is -2.36. The van der Waals surface area contributed by atoms with E-state index in [1.807, 2.05) is 31.2 Å². The van der Waals surface area contributed by atoms with E-state index in [0.717, 1.165) is 22.6 Å². The second-order valence-corrected chi connectivity index (χ2v) is 5.66. The first kappa shape index (κ1) is 15.4. The predicted octanol–water partition coefficient (Wildman–Crippen LogP) is 3.63. The zero-order valence-electron chi connectivity index (χ0n) is 13.1. The Morgan fingerprint density at radius 2 is 1.76 bits per heavy atom. The molecule has 0 fully saturated rings. The van der Waals surface area contributed by atoms with Crippen LogP contribution in [0.5, 0.6) is 5.75 Å². The minimum Gasteiger partial charge on any atom is -0.497 e. The number of hydrogen-bond donors (Lipinski definition) is 2. The van der Waals surface area contributed by atoms with Gasteiger partial charge in [-0.05, 0) is 56.2 Å². The van der Waals surface area contributed by atoms with Crippen LogP contribution in [0.15, 0.2) is 42.5 Å². The molecule has 112 valence electrons. The highest BCUT2D eigenvalue weighted by atomic mass is 16.5. The summed E-state index contributed by atoms with van der Waals surface area (Å²) in [5.41, 5.74) is 3.89. The molecule has 3 heteroatoms. The molecule has 0 amide bonds. The summed E-state index contributed by atoms with van der Waals surface area (Å²) in [5.74, 6) is 0.818. The van der Waals surface area contributed by atoms with Gasteiger partial charge in [-0.3, -0.25) is 0 Å². The molecule has 0 aliphatic carbocycles. The van der Waals surface area contributed by atoms with Crippen molar-refractivity contribution < 1.29 is 9.84 Å². The maximum Gasteiger partial charge on any atom is 0.119 e. The van der Waals surface area contributed by atoms with Crippen LogP contribution in [0, 0.1) is 13.8 Å². The SMILES string of the molecule is COc1ccc(NC(C)(CO)c2cc(C)ccc2C)cc1. The Hall–Kier alpha value is -2.00. The third kappa shape index (κ3) is 3.37. The number of hydrogen-bond acceptors (Lipinski definition) is 3. The number of methoxy groups -OCH3 is 1. The summed E-state index contributed by atoms with van der Waals surface area (Å²) in [6.07, 6.45) is 0. The molecule has 1 atom stereocenters. The molecule has 2 aromatic rings. The van der Waals surface area contributed by atoms with Crippen molar-refractivity contribution in [1.29, 1.82) is 0 Å². The van der Waals surface area contributed by atoms with E-state index in [4.69, 9.17) is 4.74 Å². The third-order valence-electron chi connectivity index (χ3n) is 3.81. The number of anilines is 1. The molecule has 2 rings (SSSR count). The van der Waals surface area contributed by atoms with Crippen molar-refractivity contribution in [1.82, 2.24) is 0 Å². The second kappa shape index (κ2) is 6.19.